The van der Waals surface area contributed by atoms with Gasteiger partial charge in [-0.25, -0.2) is 0 Å². The predicted molar refractivity (Wildman–Crippen MR) is 122 cm³/mol. The Morgan fingerprint density at radius 1 is 0.767 bits per heavy atom. The zero-order valence-electron chi connectivity index (χ0n) is 17.6. The van der Waals surface area contributed by atoms with Gasteiger partial charge >= 0.3 is 0 Å². The molecular weight excluding hydrogens is 372 g/mol. The molecule has 1 N–H and O–H groups in total. The molecule has 0 saturated carbocycles. The fraction of sp³-hybridized carbons (Fsp3) is 0.185. The normalized spacial score (nSPS) is 11.1. The standard InChI is InChI=1S/C27H26O3/c1-4-20(21-10-15-24(29-2)16-11-21)14-19-26(22-12-17-25(30-3)18-13-22)27(28)23-8-6-5-7-9-23/h5-13,15-18,27-28H,4H2,1-3H3. The Morgan fingerprint density at radius 2 is 1.30 bits per heavy atom. The number of allylic oxidation sites excluding steroid dienone is 1. The fourth-order valence-corrected chi connectivity index (χ4v) is 3.17. The molecule has 1 unspecified atom stereocenters. The minimum atomic E-state index is -0.818. The molecule has 3 aromatic carbocycles. The van der Waals surface area contributed by atoms with E-state index in [1.807, 2.05) is 78.9 Å². The van der Waals surface area contributed by atoms with Crippen LogP contribution in [0.15, 0.2) is 90.3 Å². The molecule has 1 atom stereocenters. The number of aliphatic hydroxyl groups is 1. The maximum atomic E-state index is 11.1. The van der Waals surface area contributed by atoms with Crippen LogP contribution in [0.1, 0.15) is 36.1 Å². The molecule has 0 spiro atoms. The topological polar surface area (TPSA) is 38.7 Å². The monoisotopic (exact) mass is 398 g/mol. The van der Waals surface area contributed by atoms with E-state index >= 15 is 0 Å². The van der Waals surface area contributed by atoms with Crippen LogP contribution >= 0.6 is 0 Å². The van der Waals surface area contributed by atoms with Crippen molar-refractivity contribution in [2.75, 3.05) is 14.2 Å². The summed E-state index contributed by atoms with van der Waals surface area (Å²) in [6.45, 7) is 2.08. The summed E-state index contributed by atoms with van der Waals surface area (Å²) in [7, 11) is 3.29. The molecule has 0 aliphatic carbocycles. The van der Waals surface area contributed by atoms with Crippen molar-refractivity contribution >= 4 is 11.1 Å². The number of methoxy groups -OCH3 is 2. The second-order valence-electron chi connectivity index (χ2n) is 6.77. The molecule has 0 saturated heterocycles. The van der Waals surface area contributed by atoms with E-state index in [0.29, 0.717) is 5.57 Å². The van der Waals surface area contributed by atoms with Crippen molar-refractivity contribution in [1.29, 1.82) is 0 Å². The maximum Gasteiger partial charge on any atom is 0.118 e. The molecule has 3 heteroatoms. The van der Waals surface area contributed by atoms with E-state index in [9.17, 15) is 5.11 Å². The van der Waals surface area contributed by atoms with Gasteiger partial charge in [-0.2, -0.15) is 0 Å². The number of benzene rings is 3. The number of hydrogen-bond donors (Lipinski definition) is 1. The molecular formula is C27H26O3. The van der Waals surface area contributed by atoms with Gasteiger partial charge in [-0.05, 0) is 47.4 Å². The number of ether oxygens (including phenoxy) is 2. The SMILES string of the molecule is CCC(=C=C=C(c1ccc(OC)cc1)C(O)c1ccccc1)c1ccc(OC)cc1. The molecule has 3 nitrogen and oxygen atoms in total. The first-order valence-electron chi connectivity index (χ1n) is 9.92. The molecule has 30 heavy (non-hydrogen) atoms. The lowest BCUT2D eigenvalue weighted by Crippen LogP contribution is -2.00. The molecule has 0 radical (unpaired) electrons. The third-order valence-corrected chi connectivity index (χ3v) is 4.93. The fourth-order valence-electron chi connectivity index (χ4n) is 3.17. The van der Waals surface area contributed by atoms with E-state index in [1.54, 1.807) is 14.2 Å². The van der Waals surface area contributed by atoms with Gasteiger partial charge < -0.3 is 14.6 Å². The van der Waals surface area contributed by atoms with E-state index in [0.717, 1.165) is 40.2 Å². The van der Waals surface area contributed by atoms with Crippen LogP contribution in [0.4, 0.5) is 0 Å². The van der Waals surface area contributed by atoms with Crippen molar-refractivity contribution in [1.82, 2.24) is 0 Å². The van der Waals surface area contributed by atoms with Crippen molar-refractivity contribution < 1.29 is 14.6 Å². The molecule has 3 rings (SSSR count). The van der Waals surface area contributed by atoms with Gasteiger partial charge in [0.25, 0.3) is 0 Å². The first-order chi connectivity index (χ1) is 14.7. The average Bonchev–Trinajstić information content (AvgIpc) is 2.82. The van der Waals surface area contributed by atoms with Gasteiger partial charge in [-0.15, -0.1) is 0 Å². The van der Waals surface area contributed by atoms with Gasteiger partial charge in [-0.3, -0.25) is 0 Å². The summed E-state index contributed by atoms with van der Waals surface area (Å²) in [6.07, 6.45) is -0.0301. The molecule has 3 aromatic rings. The lowest BCUT2D eigenvalue weighted by Gasteiger charge is -2.14. The Morgan fingerprint density at radius 3 is 1.80 bits per heavy atom. The van der Waals surface area contributed by atoms with Crippen LogP contribution < -0.4 is 9.47 Å². The van der Waals surface area contributed by atoms with E-state index in [-0.39, 0.29) is 0 Å². The largest absolute Gasteiger partial charge is 0.497 e. The zero-order valence-corrected chi connectivity index (χ0v) is 17.6. The summed E-state index contributed by atoms with van der Waals surface area (Å²) in [5.74, 6) is 1.58. The average molecular weight is 399 g/mol. The molecule has 0 aliphatic rings. The second-order valence-corrected chi connectivity index (χ2v) is 6.77. The van der Waals surface area contributed by atoms with Crippen LogP contribution in [0.5, 0.6) is 11.5 Å². The van der Waals surface area contributed by atoms with Crippen molar-refractivity contribution in [2.24, 2.45) is 0 Å². The van der Waals surface area contributed by atoms with E-state index in [2.05, 4.69) is 18.4 Å². The van der Waals surface area contributed by atoms with Gasteiger partial charge in [0.2, 0.25) is 0 Å². The van der Waals surface area contributed by atoms with Crippen LogP contribution in [-0.2, 0) is 0 Å². The van der Waals surface area contributed by atoms with Crippen LogP contribution in [0.3, 0.4) is 0 Å². The highest BCUT2D eigenvalue weighted by atomic mass is 16.5. The van der Waals surface area contributed by atoms with Crippen LogP contribution in [0, 0.1) is 0 Å². The Bertz CT molecular complexity index is 1050. The lowest BCUT2D eigenvalue weighted by atomic mass is 9.95. The Kier molecular flexibility index (Phi) is 7.32. The predicted octanol–water partition coefficient (Wildman–Crippen LogP) is 6.07. The molecule has 0 aliphatic heterocycles. The van der Waals surface area contributed by atoms with Crippen LogP contribution in [0.2, 0.25) is 0 Å². The molecule has 0 heterocycles. The minimum Gasteiger partial charge on any atom is -0.497 e. The Hall–Kier alpha value is -3.48. The van der Waals surface area contributed by atoms with Gasteiger partial charge in [0, 0.05) is 11.1 Å². The highest BCUT2D eigenvalue weighted by Crippen LogP contribution is 2.30. The highest BCUT2D eigenvalue weighted by Gasteiger charge is 2.15. The van der Waals surface area contributed by atoms with Gasteiger partial charge in [0.1, 0.15) is 17.6 Å². The van der Waals surface area contributed by atoms with Gasteiger partial charge in [0.05, 0.1) is 14.2 Å². The summed E-state index contributed by atoms with van der Waals surface area (Å²) in [6, 6.07) is 25.1. The molecule has 0 fully saturated rings. The second kappa shape index (κ2) is 10.3. The number of aliphatic hydroxyl groups excluding tert-OH is 1. The first-order valence-corrected chi connectivity index (χ1v) is 9.92. The summed E-state index contributed by atoms with van der Waals surface area (Å²) < 4.78 is 10.5. The van der Waals surface area contributed by atoms with E-state index in [4.69, 9.17) is 9.47 Å². The van der Waals surface area contributed by atoms with Crippen molar-refractivity contribution in [2.45, 2.75) is 19.4 Å². The van der Waals surface area contributed by atoms with Gasteiger partial charge in [-0.1, -0.05) is 73.0 Å². The zero-order chi connectivity index (χ0) is 21.3. The smallest absolute Gasteiger partial charge is 0.118 e. The summed E-state index contributed by atoms with van der Waals surface area (Å²) in [4.78, 5) is 0. The van der Waals surface area contributed by atoms with Crippen LogP contribution in [0.25, 0.3) is 11.1 Å². The highest BCUT2D eigenvalue weighted by molar-refractivity contribution is 5.72. The number of hydrogen-bond acceptors (Lipinski definition) is 3. The van der Waals surface area contributed by atoms with Crippen molar-refractivity contribution in [3.8, 4) is 11.5 Å². The van der Waals surface area contributed by atoms with E-state index < -0.39 is 6.10 Å². The Balaban J connectivity index is 2.14. The summed E-state index contributed by atoms with van der Waals surface area (Å²) >= 11 is 0. The maximum absolute atomic E-state index is 11.1. The summed E-state index contributed by atoms with van der Waals surface area (Å²) in [5, 5.41) is 11.1. The van der Waals surface area contributed by atoms with E-state index in [1.165, 1.54) is 0 Å². The molecule has 0 bridgehead atoms. The Labute approximate surface area is 178 Å². The third kappa shape index (κ3) is 5.11. The third-order valence-electron chi connectivity index (χ3n) is 4.93. The molecule has 0 amide bonds. The summed E-state index contributed by atoms with van der Waals surface area (Å²) in [5.41, 5.74) is 10.9. The first kappa shape index (κ1) is 21.2. The lowest BCUT2D eigenvalue weighted by molar-refractivity contribution is 0.238. The quantitative estimate of drug-likeness (QED) is 0.491. The molecule has 152 valence electrons. The van der Waals surface area contributed by atoms with Crippen molar-refractivity contribution in [3.05, 3.63) is 107 Å². The minimum absolute atomic E-state index is 0.656. The van der Waals surface area contributed by atoms with Crippen molar-refractivity contribution in [3.63, 3.8) is 0 Å². The number of rotatable bonds is 7. The van der Waals surface area contributed by atoms with Crippen LogP contribution in [-0.4, -0.2) is 19.3 Å². The molecule has 0 aromatic heterocycles. The van der Waals surface area contributed by atoms with Gasteiger partial charge in [0.15, 0.2) is 0 Å².